The second kappa shape index (κ2) is 6.33. The molecule has 4 rings (SSSR count). The molecule has 0 unspecified atom stereocenters. The van der Waals surface area contributed by atoms with E-state index in [0.29, 0.717) is 41.8 Å². The molecule has 6 nitrogen and oxygen atoms in total. The Labute approximate surface area is 150 Å². The minimum Gasteiger partial charge on any atom is -0.489 e. The third-order valence-corrected chi connectivity index (χ3v) is 5.02. The molecule has 0 bridgehead atoms. The van der Waals surface area contributed by atoms with Crippen LogP contribution in [0.2, 0.25) is 0 Å². The highest BCUT2D eigenvalue weighted by Gasteiger charge is 2.37. The Morgan fingerprint density at radius 2 is 2.32 bits per heavy atom. The highest BCUT2D eigenvalue weighted by atomic mass is 32.1. The van der Waals surface area contributed by atoms with Crippen LogP contribution in [0.25, 0.3) is 0 Å². The van der Waals surface area contributed by atoms with Gasteiger partial charge in [0.25, 0.3) is 0 Å². The van der Waals surface area contributed by atoms with Gasteiger partial charge in [0.1, 0.15) is 24.1 Å². The maximum atomic E-state index is 14.8. The summed E-state index contributed by atoms with van der Waals surface area (Å²) >= 11 is 4.97. The number of cyclic esters (lactones) is 1. The molecule has 1 aromatic carbocycles. The fourth-order valence-electron chi connectivity index (χ4n) is 3.69. The third kappa shape index (κ3) is 2.99. The number of hydrogen-bond acceptors (Lipinski definition) is 5. The summed E-state index contributed by atoms with van der Waals surface area (Å²) in [5.41, 5.74) is 0.972. The van der Waals surface area contributed by atoms with Gasteiger partial charge in [-0.25, -0.2) is 9.18 Å². The molecule has 2 fully saturated rings. The molecule has 2 atom stereocenters. The van der Waals surface area contributed by atoms with Crippen molar-refractivity contribution in [3.8, 4) is 5.75 Å². The number of carbonyl (C=O) groups is 1. The summed E-state index contributed by atoms with van der Waals surface area (Å²) in [6, 6.07) is 3.37. The Bertz CT molecular complexity index is 729. The van der Waals surface area contributed by atoms with E-state index in [1.807, 2.05) is 0 Å². The first-order chi connectivity index (χ1) is 12.0. The molecule has 2 saturated heterocycles. The highest BCUT2D eigenvalue weighted by molar-refractivity contribution is 7.80. The number of thiocarbonyl (C=S) groups is 1. The number of carbonyl (C=O) groups excluding carboxylic acids is 1. The van der Waals surface area contributed by atoms with Gasteiger partial charge in [-0.05, 0) is 19.8 Å². The predicted octanol–water partition coefficient (Wildman–Crippen LogP) is 2.45. The summed E-state index contributed by atoms with van der Waals surface area (Å²) in [5.74, 6) is 0.139. The van der Waals surface area contributed by atoms with Gasteiger partial charge < -0.3 is 19.7 Å². The average Bonchev–Trinajstić information content (AvgIpc) is 3.18. The summed E-state index contributed by atoms with van der Waals surface area (Å²) in [6.07, 6.45) is 1.25. The number of benzene rings is 1. The molecule has 3 aliphatic heterocycles. The zero-order valence-electron chi connectivity index (χ0n) is 14.0. The van der Waals surface area contributed by atoms with Crippen molar-refractivity contribution in [3.05, 3.63) is 17.9 Å². The Morgan fingerprint density at radius 3 is 3.12 bits per heavy atom. The van der Waals surface area contributed by atoms with Crippen molar-refractivity contribution < 1.29 is 18.7 Å². The lowest BCUT2D eigenvalue weighted by atomic mass is 10.1. The zero-order valence-corrected chi connectivity index (χ0v) is 14.8. The van der Waals surface area contributed by atoms with Crippen LogP contribution in [0.4, 0.5) is 20.6 Å². The summed E-state index contributed by atoms with van der Waals surface area (Å²) in [5, 5.41) is 2.99. The van der Waals surface area contributed by atoms with Gasteiger partial charge in [-0.2, -0.15) is 0 Å². The number of rotatable bonds is 3. The number of ether oxygens (including phenoxy) is 2. The van der Waals surface area contributed by atoms with Gasteiger partial charge in [-0.1, -0.05) is 12.2 Å². The molecule has 25 heavy (non-hydrogen) atoms. The van der Waals surface area contributed by atoms with Crippen molar-refractivity contribution >= 4 is 34.7 Å². The van der Waals surface area contributed by atoms with Gasteiger partial charge in [0.2, 0.25) is 0 Å². The summed E-state index contributed by atoms with van der Waals surface area (Å²) in [4.78, 5) is 16.3. The zero-order chi connectivity index (χ0) is 17.6. The topological polar surface area (TPSA) is 54.0 Å². The predicted molar refractivity (Wildman–Crippen MR) is 96.2 cm³/mol. The molecule has 0 radical (unpaired) electrons. The Balaban J connectivity index is 1.56. The first-order valence-electron chi connectivity index (χ1n) is 8.48. The van der Waals surface area contributed by atoms with Crippen LogP contribution in [0.3, 0.4) is 0 Å². The van der Waals surface area contributed by atoms with Crippen molar-refractivity contribution in [1.29, 1.82) is 0 Å². The molecule has 8 heteroatoms. The van der Waals surface area contributed by atoms with Gasteiger partial charge in [0.05, 0.1) is 29.8 Å². The van der Waals surface area contributed by atoms with Crippen LogP contribution in [0, 0.1) is 5.82 Å². The maximum Gasteiger partial charge on any atom is 0.414 e. The average molecular weight is 365 g/mol. The summed E-state index contributed by atoms with van der Waals surface area (Å²) in [7, 11) is 0. The quantitative estimate of drug-likeness (QED) is 0.831. The van der Waals surface area contributed by atoms with E-state index in [2.05, 4.69) is 10.2 Å². The normalized spacial score (nSPS) is 24.5. The smallest absolute Gasteiger partial charge is 0.414 e. The third-order valence-electron chi connectivity index (χ3n) is 4.87. The molecule has 3 aliphatic rings. The molecule has 1 aromatic rings. The Kier molecular flexibility index (Phi) is 4.15. The second-order valence-electron chi connectivity index (χ2n) is 6.63. The number of nitrogens with one attached hydrogen (secondary N) is 1. The minimum atomic E-state index is -0.483. The first-order valence-corrected chi connectivity index (χ1v) is 8.89. The van der Waals surface area contributed by atoms with Crippen molar-refractivity contribution in [2.75, 3.05) is 36.0 Å². The fourth-order valence-corrected chi connectivity index (χ4v) is 3.77. The van der Waals surface area contributed by atoms with Crippen LogP contribution in [0.1, 0.15) is 19.8 Å². The monoisotopic (exact) mass is 365 g/mol. The summed E-state index contributed by atoms with van der Waals surface area (Å²) in [6.45, 7) is 3.95. The van der Waals surface area contributed by atoms with Crippen LogP contribution in [0.5, 0.6) is 5.75 Å². The van der Waals surface area contributed by atoms with E-state index in [4.69, 9.17) is 21.7 Å². The molecule has 3 heterocycles. The van der Waals surface area contributed by atoms with E-state index in [1.54, 1.807) is 13.0 Å². The maximum absolute atomic E-state index is 14.8. The summed E-state index contributed by atoms with van der Waals surface area (Å²) < 4.78 is 25.9. The van der Waals surface area contributed by atoms with E-state index in [0.717, 1.165) is 19.4 Å². The van der Waals surface area contributed by atoms with Gasteiger partial charge in [-0.15, -0.1) is 0 Å². The molecule has 1 amide bonds. The number of halogens is 1. The van der Waals surface area contributed by atoms with Crippen LogP contribution < -0.4 is 19.9 Å². The number of amides is 1. The number of nitrogens with zero attached hydrogens (tertiary/aromatic N) is 2. The van der Waals surface area contributed by atoms with Crippen LogP contribution in [-0.4, -0.2) is 49.5 Å². The van der Waals surface area contributed by atoms with Crippen molar-refractivity contribution in [2.45, 2.75) is 31.9 Å². The minimum absolute atomic E-state index is 0.248. The van der Waals surface area contributed by atoms with E-state index in [1.165, 1.54) is 11.0 Å². The van der Waals surface area contributed by atoms with E-state index >= 15 is 0 Å². The lowest BCUT2D eigenvalue weighted by Crippen LogP contribution is -2.39. The first kappa shape index (κ1) is 16.4. The molecule has 0 aliphatic carbocycles. The van der Waals surface area contributed by atoms with Gasteiger partial charge in [0, 0.05) is 18.7 Å². The van der Waals surface area contributed by atoms with Crippen LogP contribution in [-0.2, 0) is 4.74 Å². The Morgan fingerprint density at radius 1 is 1.48 bits per heavy atom. The fraction of sp³-hybridized carbons (Fsp3) is 0.529. The van der Waals surface area contributed by atoms with Gasteiger partial charge in [0.15, 0.2) is 5.82 Å². The molecule has 1 N–H and O–H groups in total. The van der Waals surface area contributed by atoms with Crippen molar-refractivity contribution in [2.24, 2.45) is 0 Å². The number of anilines is 2. The molecular formula is C17H20FN3O3S. The number of fused-ring (bicyclic) bond motifs is 3. The van der Waals surface area contributed by atoms with Crippen molar-refractivity contribution in [3.63, 3.8) is 0 Å². The second-order valence-corrected chi connectivity index (χ2v) is 7.24. The molecule has 0 saturated carbocycles. The lowest BCUT2D eigenvalue weighted by molar-refractivity contribution is 0.143. The van der Waals surface area contributed by atoms with Crippen molar-refractivity contribution in [1.82, 2.24) is 5.32 Å². The largest absolute Gasteiger partial charge is 0.489 e. The lowest BCUT2D eigenvalue weighted by Gasteiger charge is -2.34. The van der Waals surface area contributed by atoms with Crippen LogP contribution >= 0.6 is 12.2 Å². The molecule has 134 valence electrons. The van der Waals surface area contributed by atoms with Gasteiger partial charge >= 0.3 is 6.09 Å². The molecule has 0 spiro atoms. The molecule has 0 aromatic heterocycles. The highest BCUT2D eigenvalue weighted by Crippen LogP contribution is 2.42. The number of hydrogen-bond donors (Lipinski definition) is 1. The SMILES string of the molecule is CC(=S)NC[C@H]1CN(c2cc(F)c3c(c2)OC[C@@H]2CCCN32)C(=O)O1. The van der Waals surface area contributed by atoms with Crippen LogP contribution in [0.15, 0.2) is 12.1 Å². The Hall–Kier alpha value is -2.09. The van der Waals surface area contributed by atoms with E-state index in [-0.39, 0.29) is 18.0 Å². The molecular weight excluding hydrogens is 345 g/mol. The van der Waals surface area contributed by atoms with E-state index < -0.39 is 6.09 Å². The standard InChI is InChI=1S/C17H20FN3O3S/c1-10(25)19-7-13-8-21(17(22)24-13)12-5-14(18)16-15(6-12)23-9-11-3-2-4-20(11)16/h5-6,11,13H,2-4,7-9H2,1H3,(H,19,25)/t11-,13-/m0/s1. The van der Waals surface area contributed by atoms with Gasteiger partial charge in [-0.3, -0.25) is 4.90 Å². The van der Waals surface area contributed by atoms with E-state index in [9.17, 15) is 9.18 Å².